The first-order chi connectivity index (χ1) is 7.94. The molecule has 19 heavy (non-hydrogen) atoms. The first-order valence-electron chi connectivity index (χ1n) is 4.16. The lowest BCUT2D eigenvalue weighted by Crippen LogP contribution is -2.67. The number of hydrogen-bond donors (Lipinski definition) is 0. The number of hydrogen-bond acceptors (Lipinski definition) is 0. The van der Waals surface area contributed by atoms with Gasteiger partial charge in [-0.25, -0.2) is 4.39 Å². The highest BCUT2D eigenvalue weighted by molar-refractivity contribution is 14.1. The largest absolute Gasteiger partial charge is 0.387 e. The van der Waals surface area contributed by atoms with Gasteiger partial charge in [0.1, 0.15) is 0 Å². The third-order valence-corrected chi connectivity index (χ3v) is 2.74. The normalized spacial score (nSPS) is 17.5. The van der Waals surface area contributed by atoms with Gasteiger partial charge >= 0.3 is 27.6 Å². The Bertz CT molecular complexity index is 328. The van der Waals surface area contributed by atoms with Crippen molar-refractivity contribution in [3.63, 3.8) is 0 Å². The molecule has 0 N–H and O–H groups in total. The van der Waals surface area contributed by atoms with Gasteiger partial charge < -0.3 is 0 Å². The molecule has 116 valence electrons. The average Bonchev–Trinajstić information content (AvgIpc) is 2.14. The molecule has 0 spiro atoms. The molecule has 0 fully saturated rings. The third kappa shape index (κ3) is 2.60. The van der Waals surface area contributed by atoms with Crippen LogP contribution in [-0.4, -0.2) is 33.8 Å². The van der Waals surface area contributed by atoms with E-state index in [1.54, 1.807) is 0 Å². The quantitative estimate of drug-likeness (QED) is 0.334. The Morgan fingerprint density at radius 3 is 1.21 bits per heavy atom. The molecule has 0 saturated carbocycles. The zero-order valence-electron chi connectivity index (χ0n) is 8.61. The zero-order valence-corrected chi connectivity index (χ0v) is 10.8. The van der Waals surface area contributed by atoms with Crippen LogP contribution in [-0.2, 0) is 0 Å². The summed E-state index contributed by atoms with van der Waals surface area (Å²) < 4.78 is 132. The minimum Gasteiger partial charge on any atom is -0.241 e. The summed E-state index contributed by atoms with van der Waals surface area (Å²) in [5.74, 6) is -27.3. The molecular weight excluding hydrogens is 420 g/mol. The van der Waals surface area contributed by atoms with Crippen LogP contribution in [0, 0.1) is 0 Å². The van der Waals surface area contributed by atoms with Crippen molar-refractivity contribution in [2.45, 2.75) is 40.7 Å². The van der Waals surface area contributed by atoms with Crippen LogP contribution >= 0.6 is 22.6 Å². The highest BCUT2D eigenvalue weighted by Crippen LogP contribution is 2.59. The fourth-order valence-corrected chi connectivity index (χ4v) is 1.17. The fraction of sp³-hybridized carbons (Fsp3) is 1.00. The Kier molecular flexibility index (Phi) is 4.75. The lowest BCUT2D eigenvalue weighted by atomic mass is 9.96. The monoisotopic (exact) mass is 424 g/mol. The molecule has 0 aliphatic rings. The molecule has 0 radical (unpaired) electrons. The maximum absolute atomic E-state index is 12.7. The summed E-state index contributed by atoms with van der Waals surface area (Å²) in [5, 5.41) is 0. The van der Waals surface area contributed by atoms with Crippen LogP contribution in [0.2, 0.25) is 0 Å². The van der Waals surface area contributed by atoms with Gasteiger partial charge in [-0.15, -0.1) is 0 Å². The second kappa shape index (κ2) is 4.76. The summed E-state index contributed by atoms with van der Waals surface area (Å²) in [7, 11) is 0. The Morgan fingerprint density at radius 1 is 0.684 bits per heavy atom. The maximum Gasteiger partial charge on any atom is 0.387 e. The van der Waals surface area contributed by atoms with Crippen LogP contribution in [0.15, 0.2) is 0 Å². The lowest BCUT2D eigenvalue weighted by Gasteiger charge is -2.38. The van der Waals surface area contributed by atoms with E-state index in [-0.39, 0.29) is 6.92 Å². The van der Waals surface area contributed by atoms with E-state index in [1.165, 1.54) is 0 Å². The van der Waals surface area contributed by atoms with Crippen LogP contribution < -0.4 is 0 Å². The Balaban J connectivity index is 5.92. The van der Waals surface area contributed by atoms with Gasteiger partial charge in [0.15, 0.2) is 6.17 Å². The van der Waals surface area contributed by atoms with E-state index in [4.69, 9.17) is 0 Å². The van der Waals surface area contributed by atoms with E-state index < -0.39 is 56.4 Å². The zero-order chi connectivity index (χ0) is 16.1. The summed E-state index contributed by atoms with van der Waals surface area (Å²) in [4.78, 5) is 0. The summed E-state index contributed by atoms with van der Waals surface area (Å²) in [5.41, 5.74) is 0. The van der Waals surface area contributed by atoms with E-state index >= 15 is 0 Å². The van der Waals surface area contributed by atoms with Crippen molar-refractivity contribution in [1.29, 1.82) is 0 Å². The lowest BCUT2D eigenvalue weighted by molar-refractivity contribution is -0.392. The molecule has 12 heteroatoms. The number of rotatable bonds is 5. The summed E-state index contributed by atoms with van der Waals surface area (Å²) in [6.07, 6.45) is -3.97. The van der Waals surface area contributed by atoms with E-state index in [2.05, 4.69) is 0 Å². The molecule has 0 aromatic carbocycles. The van der Waals surface area contributed by atoms with Crippen LogP contribution in [0.1, 0.15) is 6.92 Å². The van der Waals surface area contributed by atoms with Gasteiger partial charge in [0.25, 0.3) is 0 Å². The van der Waals surface area contributed by atoms with Gasteiger partial charge in [-0.2, -0.15) is 43.9 Å². The van der Waals surface area contributed by atoms with Crippen LogP contribution in [0.25, 0.3) is 0 Å². The molecule has 0 bridgehead atoms. The van der Waals surface area contributed by atoms with Crippen molar-refractivity contribution in [3.8, 4) is 0 Å². The maximum atomic E-state index is 12.7. The summed E-state index contributed by atoms with van der Waals surface area (Å²) >= 11 is -0.605. The second-order valence-corrected chi connectivity index (χ2v) is 4.81. The molecule has 0 heterocycles. The van der Waals surface area contributed by atoms with E-state index in [0.717, 1.165) is 0 Å². The molecule has 0 nitrogen and oxygen atoms in total. The molecule has 0 aromatic heterocycles. The predicted octanol–water partition coefficient (Wildman–Crippen LogP) is 4.91. The van der Waals surface area contributed by atoms with Gasteiger partial charge in [-0.1, -0.05) is 0 Å². The first-order valence-corrected chi connectivity index (χ1v) is 5.24. The number of alkyl halides is 12. The highest BCUT2D eigenvalue weighted by Gasteiger charge is 2.86. The van der Waals surface area contributed by atoms with Crippen molar-refractivity contribution >= 4 is 22.6 Å². The van der Waals surface area contributed by atoms with Crippen molar-refractivity contribution in [2.24, 2.45) is 0 Å². The molecule has 0 saturated heterocycles. The molecule has 0 amide bonds. The molecule has 0 aliphatic heterocycles. The van der Waals surface area contributed by atoms with E-state index in [0.29, 0.717) is 0 Å². The Morgan fingerprint density at radius 2 is 1.00 bits per heavy atom. The van der Waals surface area contributed by atoms with Gasteiger partial charge in [0.05, 0.1) is 0 Å². The highest BCUT2D eigenvalue weighted by atomic mass is 127. The minimum atomic E-state index is -7.17. The molecule has 1 unspecified atom stereocenters. The third-order valence-electron chi connectivity index (χ3n) is 2.06. The topological polar surface area (TPSA) is 0 Å². The second-order valence-electron chi connectivity index (χ2n) is 3.46. The molecule has 0 aromatic rings. The minimum absolute atomic E-state index is 0.301. The van der Waals surface area contributed by atoms with Crippen molar-refractivity contribution in [1.82, 2.24) is 0 Å². The standard InChI is InChI=1S/C7H4F11I/c1-2(8)3(9,10)4(11,12)5(13,14)6(15,16)7(17,18)19/h2H,1H3. The SMILES string of the molecule is CC(F)C(F)(F)C(F)(F)C(F)(F)C(F)(F)C(F)(F)I. The van der Waals surface area contributed by atoms with Crippen LogP contribution in [0.4, 0.5) is 48.3 Å². The van der Waals surface area contributed by atoms with Crippen LogP contribution in [0.5, 0.6) is 0 Å². The first kappa shape index (κ1) is 19.0. The van der Waals surface area contributed by atoms with Crippen LogP contribution in [0.3, 0.4) is 0 Å². The summed E-state index contributed by atoms with van der Waals surface area (Å²) in [6.45, 7) is -0.301. The van der Waals surface area contributed by atoms with Gasteiger partial charge in [-0.05, 0) is 6.92 Å². The van der Waals surface area contributed by atoms with Gasteiger partial charge in [0.2, 0.25) is 0 Å². The summed E-state index contributed by atoms with van der Waals surface area (Å²) in [6, 6.07) is 0. The fourth-order valence-electron chi connectivity index (χ4n) is 0.834. The van der Waals surface area contributed by atoms with Gasteiger partial charge in [-0.3, -0.25) is 0 Å². The smallest absolute Gasteiger partial charge is 0.241 e. The van der Waals surface area contributed by atoms with Crippen molar-refractivity contribution in [3.05, 3.63) is 0 Å². The molecule has 0 aliphatic carbocycles. The predicted molar refractivity (Wildman–Crippen MR) is 49.3 cm³/mol. The van der Waals surface area contributed by atoms with Crippen molar-refractivity contribution in [2.75, 3.05) is 0 Å². The van der Waals surface area contributed by atoms with Gasteiger partial charge in [0, 0.05) is 22.6 Å². The average molecular weight is 424 g/mol. The molecule has 0 rings (SSSR count). The number of halogens is 12. The Labute approximate surface area is 112 Å². The van der Waals surface area contributed by atoms with E-state index in [1.807, 2.05) is 0 Å². The Hall–Kier alpha value is -0.0400. The van der Waals surface area contributed by atoms with Crippen molar-refractivity contribution < 1.29 is 48.3 Å². The van der Waals surface area contributed by atoms with E-state index in [9.17, 15) is 48.3 Å². The molecule has 1 atom stereocenters. The molecular formula is C7H4F11I.